The van der Waals surface area contributed by atoms with E-state index < -0.39 is 0 Å². The fraction of sp³-hybridized carbons (Fsp3) is 0.300. The van der Waals surface area contributed by atoms with Crippen LogP contribution in [0.4, 0.5) is 5.13 Å². The molecule has 4 nitrogen and oxygen atoms in total. The lowest BCUT2D eigenvalue weighted by atomic mass is 10.3. The lowest BCUT2D eigenvalue weighted by molar-refractivity contribution is -0.118. The largest absolute Gasteiger partial charge is 0.308 e. The molecular weight excluding hydrogens is 433 g/mol. The van der Waals surface area contributed by atoms with Crippen LogP contribution in [0.1, 0.15) is 6.42 Å². The Kier molecular flexibility index (Phi) is 9.05. The molecule has 0 saturated heterocycles. The minimum Gasteiger partial charge on any atom is -0.308 e. The van der Waals surface area contributed by atoms with Crippen molar-refractivity contribution in [1.82, 2.24) is 9.88 Å². The van der Waals surface area contributed by atoms with Crippen LogP contribution in [0.15, 0.2) is 53.4 Å². The molecule has 0 aliphatic carbocycles. The van der Waals surface area contributed by atoms with Gasteiger partial charge in [-0.15, -0.1) is 24.2 Å². The van der Waals surface area contributed by atoms with Crippen LogP contribution in [0, 0.1) is 0 Å². The summed E-state index contributed by atoms with van der Waals surface area (Å²) in [6, 6.07) is 15.8. The topological polar surface area (TPSA) is 36.4 Å². The molecule has 0 saturated carbocycles. The molecule has 1 aromatic heterocycles. The molecule has 0 radical (unpaired) electrons. The molecule has 28 heavy (non-hydrogen) atoms. The Bertz CT molecular complexity index is 903. The van der Waals surface area contributed by atoms with E-state index in [-0.39, 0.29) is 18.3 Å². The molecule has 0 fully saturated rings. The second-order valence-corrected chi connectivity index (χ2v) is 8.98. The van der Waals surface area contributed by atoms with Gasteiger partial charge in [0.25, 0.3) is 0 Å². The van der Waals surface area contributed by atoms with Gasteiger partial charge in [-0.05, 0) is 44.4 Å². The number of fused-ring (bicyclic) bond motifs is 1. The summed E-state index contributed by atoms with van der Waals surface area (Å²) in [5.74, 6) is 0.850. The van der Waals surface area contributed by atoms with Crippen LogP contribution < -0.4 is 4.90 Å². The Labute approximate surface area is 185 Å². The highest BCUT2D eigenvalue weighted by atomic mass is 35.5. The number of likely N-dealkylation sites (N-methyl/N-ethyl adjacent to an activating group) is 1. The van der Waals surface area contributed by atoms with E-state index in [9.17, 15) is 4.79 Å². The van der Waals surface area contributed by atoms with Crippen molar-refractivity contribution in [2.75, 3.05) is 37.8 Å². The Hall–Kier alpha value is -1.31. The fourth-order valence-corrected chi connectivity index (χ4v) is 4.68. The van der Waals surface area contributed by atoms with Crippen molar-refractivity contribution in [3.63, 3.8) is 0 Å². The van der Waals surface area contributed by atoms with Crippen molar-refractivity contribution in [3.05, 3.63) is 53.6 Å². The molecule has 0 bridgehead atoms. The standard InChI is InChI=1S/C20H22ClN3OS2.ClH/c1-23(2)11-12-24(19(25)10-13-26-16-6-4-3-5-7-16)20-22-17-9-8-15(21)14-18(17)27-20;/h3-9,14H,10-13H2,1-2H3;1H. The number of halogens is 2. The smallest absolute Gasteiger partial charge is 0.229 e. The molecule has 1 amide bonds. The minimum absolute atomic E-state index is 0. The number of carbonyl (C=O) groups is 1. The van der Waals surface area contributed by atoms with Gasteiger partial charge >= 0.3 is 0 Å². The summed E-state index contributed by atoms with van der Waals surface area (Å²) in [5, 5.41) is 1.42. The van der Waals surface area contributed by atoms with Gasteiger partial charge in [-0.3, -0.25) is 9.69 Å². The molecule has 2 aromatic carbocycles. The van der Waals surface area contributed by atoms with Crippen molar-refractivity contribution in [2.45, 2.75) is 11.3 Å². The summed E-state index contributed by atoms with van der Waals surface area (Å²) in [6.07, 6.45) is 0.476. The number of thiazole rings is 1. The Morgan fingerprint density at radius 1 is 1.14 bits per heavy atom. The first kappa shape index (κ1) is 23.0. The minimum atomic E-state index is 0. The quantitative estimate of drug-likeness (QED) is 0.423. The maximum atomic E-state index is 12.9. The highest BCUT2D eigenvalue weighted by Gasteiger charge is 2.19. The van der Waals surface area contributed by atoms with Crippen molar-refractivity contribution in [2.24, 2.45) is 0 Å². The third-order valence-corrected chi connectivity index (χ3v) is 6.26. The molecule has 1 heterocycles. The van der Waals surface area contributed by atoms with Gasteiger partial charge in [0.05, 0.1) is 10.2 Å². The van der Waals surface area contributed by atoms with Gasteiger partial charge in [-0.25, -0.2) is 4.98 Å². The molecule has 0 atom stereocenters. The summed E-state index contributed by atoms with van der Waals surface area (Å²) in [6.45, 7) is 1.41. The lowest BCUT2D eigenvalue weighted by Gasteiger charge is -2.22. The summed E-state index contributed by atoms with van der Waals surface area (Å²) < 4.78 is 0.999. The Morgan fingerprint density at radius 3 is 2.61 bits per heavy atom. The van der Waals surface area contributed by atoms with Gasteiger partial charge in [-0.1, -0.05) is 41.1 Å². The van der Waals surface area contributed by atoms with E-state index in [2.05, 4.69) is 22.0 Å². The normalized spacial score (nSPS) is 10.9. The van der Waals surface area contributed by atoms with Gasteiger partial charge < -0.3 is 4.90 Å². The Morgan fingerprint density at radius 2 is 1.89 bits per heavy atom. The molecular formula is C20H23Cl2N3OS2. The molecule has 0 unspecified atom stereocenters. The average molecular weight is 456 g/mol. The van der Waals surface area contributed by atoms with E-state index in [0.717, 1.165) is 27.6 Å². The number of amides is 1. The van der Waals surface area contributed by atoms with Crippen molar-refractivity contribution in [1.29, 1.82) is 0 Å². The molecule has 3 aromatic rings. The fourth-order valence-electron chi connectivity index (χ4n) is 2.54. The van der Waals surface area contributed by atoms with E-state index in [1.807, 2.05) is 55.4 Å². The predicted octanol–water partition coefficient (Wildman–Crippen LogP) is 5.45. The van der Waals surface area contributed by atoms with Crippen LogP contribution in [0.25, 0.3) is 10.2 Å². The third kappa shape index (κ3) is 6.36. The predicted molar refractivity (Wildman–Crippen MR) is 125 cm³/mol. The first-order valence-electron chi connectivity index (χ1n) is 8.72. The van der Waals surface area contributed by atoms with Gasteiger partial charge in [0, 0.05) is 35.2 Å². The molecule has 8 heteroatoms. The second kappa shape index (κ2) is 11.0. The number of carbonyl (C=O) groups excluding carboxylic acids is 1. The lowest BCUT2D eigenvalue weighted by Crippen LogP contribution is -2.36. The van der Waals surface area contributed by atoms with E-state index in [4.69, 9.17) is 11.6 Å². The Balaban J connectivity index is 0.00000280. The summed E-state index contributed by atoms with van der Waals surface area (Å²) in [4.78, 5) is 22.6. The van der Waals surface area contributed by atoms with Gasteiger partial charge in [0.2, 0.25) is 5.91 Å². The number of hydrogen-bond donors (Lipinski definition) is 0. The zero-order valence-corrected chi connectivity index (χ0v) is 19.0. The highest BCUT2D eigenvalue weighted by Crippen LogP contribution is 2.31. The van der Waals surface area contributed by atoms with Gasteiger partial charge in [-0.2, -0.15) is 0 Å². The third-order valence-electron chi connectivity index (χ3n) is 3.97. The van der Waals surface area contributed by atoms with E-state index in [1.54, 1.807) is 11.8 Å². The summed E-state index contributed by atoms with van der Waals surface area (Å²) in [7, 11) is 4.01. The first-order chi connectivity index (χ1) is 13.0. The first-order valence-corrected chi connectivity index (χ1v) is 10.9. The molecule has 0 aliphatic rings. The number of anilines is 1. The number of thioether (sulfide) groups is 1. The van der Waals surface area contributed by atoms with Crippen molar-refractivity contribution < 1.29 is 4.79 Å². The van der Waals surface area contributed by atoms with Gasteiger partial charge in [0.1, 0.15) is 0 Å². The van der Waals surface area contributed by atoms with E-state index >= 15 is 0 Å². The van der Waals surface area contributed by atoms with Crippen LogP contribution in [0.2, 0.25) is 5.02 Å². The van der Waals surface area contributed by atoms with E-state index in [1.165, 1.54) is 16.2 Å². The highest BCUT2D eigenvalue weighted by molar-refractivity contribution is 7.99. The number of nitrogens with zero attached hydrogens (tertiary/aromatic N) is 3. The van der Waals surface area contributed by atoms with Crippen LogP contribution in [-0.4, -0.2) is 48.7 Å². The number of hydrogen-bond acceptors (Lipinski definition) is 5. The van der Waals surface area contributed by atoms with Crippen molar-refractivity contribution in [3.8, 4) is 0 Å². The molecule has 3 rings (SSSR count). The monoisotopic (exact) mass is 455 g/mol. The summed E-state index contributed by atoms with van der Waals surface area (Å²) in [5.41, 5.74) is 0.876. The molecule has 0 N–H and O–H groups in total. The summed E-state index contributed by atoms with van der Waals surface area (Å²) >= 11 is 9.30. The number of benzene rings is 2. The number of aromatic nitrogens is 1. The van der Waals surface area contributed by atoms with Crippen LogP contribution in [0.3, 0.4) is 0 Å². The van der Waals surface area contributed by atoms with Gasteiger partial charge in [0.15, 0.2) is 5.13 Å². The molecule has 0 aliphatic heterocycles. The van der Waals surface area contributed by atoms with E-state index in [0.29, 0.717) is 18.0 Å². The zero-order valence-electron chi connectivity index (χ0n) is 15.8. The maximum Gasteiger partial charge on any atom is 0.229 e. The second-order valence-electron chi connectivity index (χ2n) is 6.37. The number of rotatable bonds is 8. The van der Waals surface area contributed by atoms with Crippen LogP contribution in [-0.2, 0) is 4.79 Å². The van der Waals surface area contributed by atoms with Crippen molar-refractivity contribution >= 4 is 68.4 Å². The maximum absolute atomic E-state index is 12.9. The molecule has 150 valence electrons. The average Bonchev–Trinajstić information content (AvgIpc) is 3.05. The zero-order chi connectivity index (χ0) is 19.2. The SMILES string of the molecule is CN(C)CCN(C(=O)CCSc1ccccc1)c1nc2ccc(Cl)cc2s1.Cl. The van der Waals surface area contributed by atoms with Crippen LogP contribution >= 0.6 is 47.1 Å². The van der Waals surface area contributed by atoms with Crippen LogP contribution in [0.5, 0.6) is 0 Å². The molecule has 0 spiro atoms.